The number of hydrogen-bond acceptors (Lipinski definition) is 13. The van der Waals surface area contributed by atoms with Crippen LogP contribution in [0.2, 0.25) is 0 Å². The number of nitrogens with two attached hydrogens (primary N) is 1. The number of halogens is 3. The lowest BCUT2D eigenvalue weighted by atomic mass is 9.84. The minimum absolute atomic E-state index is 0.0502. The van der Waals surface area contributed by atoms with Crippen molar-refractivity contribution in [2.45, 2.75) is 152 Å². The maximum atomic E-state index is 16.1. The van der Waals surface area contributed by atoms with Crippen LogP contribution in [-0.4, -0.2) is 160 Å². The van der Waals surface area contributed by atoms with Gasteiger partial charge in [-0.2, -0.15) is 0 Å². The molecule has 4 aliphatic heterocycles. The number of primary amides is 1. The Morgan fingerprint density at radius 2 is 1.50 bits per heavy atom. The normalized spacial score (nSPS) is 25.8. The highest BCUT2D eigenvalue weighted by atomic mass is 19.1. The second kappa shape index (κ2) is 30.6. The van der Waals surface area contributed by atoms with Crippen LogP contribution in [0, 0.1) is 23.5 Å². The Labute approximate surface area is 541 Å². The van der Waals surface area contributed by atoms with E-state index in [1.54, 1.807) is 73.8 Å². The van der Waals surface area contributed by atoms with E-state index in [0.717, 1.165) is 4.90 Å². The van der Waals surface area contributed by atoms with Crippen molar-refractivity contribution in [1.82, 2.24) is 41.4 Å². The minimum atomic E-state index is -1.85. The number of benzene rings is 4. The van der Waals surface area contributed by atoms with Crippen LogP contribution in [0.25, 0.3) is 16.5 Å². The molecule has 0 spiro atoms. The summed E-state index contributed by atoms with van der Waals surface area (Å²) in [7, 11) is 1.47. The number of aromatic nitrogens is 1. The van der Waals surface area contributed by atoms with E-state index in [4.69, 9.17) is 15.2 Å². The third kappa shape index (κ3) is 16.9. The SMILES string of the molecule is COc1ccc(C[C@@H]2NC(=O)[C@H]([C@@H](C)O)NC(=O)[C@@H]3C[C@H](F)CN3C(=O)[C@H](CC3=CCc4ccc(F)cc43)NC(=O)[C@H](Cc3c[nH]c4ccc(F)cc34)CC(=O)[C@@H](C)NC(=O)CCCC(=O)NCCOc3ccc(cc3)C[C@@H](C(N)=O)CC(=O)[C@]3(C)CCCN3C2=O)cc1. The number of hydrogen-bond donors (Lipinski definition) is 8. The molecule has 2 fully saturated rings. The van der Waals surface area contributed by atoms with Crippen molar-refractivity contribution in [2.75, 3.05) is 33.4 Å². The van der Waals surface area contributed by atoms with Crippen LogP contribution >= 0.6 is 0 Å². The third-order valence-corrected chi connectivity index (χ3v) is 18.3. The molecule has 5 aromatic rings. The summed E-state index contributed by atoms with van der Waals surface area (Å²) >= 11 is 0. The monoisotopic (exact) mass is 1300 g/mol. The van der Waals surface area contributed by atoms with Gasteiger partial charge >= 0.3 is 0 Å². The lowest BCUT2D eigenvalue weighted by molar-refractivity contribution is -0.147. The molecule has 500 valence electrons. The summed E-state index contributed by atoms with van der Waals surface area (Å²) in [6.45, 7) is 3.76. The number of aliphatic hydroxyl groups excluding tert-OH is 1. The maximum absolute atomic E-state index is 16.1. The third-order valence-electron chi connectivity index (χ3n) is 18.3. The number of ether oxygens (including phenoxy) is 2. The van der Waals surface area contributed by atoms with E-state index in [0.29, 0.717) is 68.6 Å². The van der Waals surface area contributed by atoms with E-state index in [-0.39, 0.29) is 83.4 Å². The van der Waals surface area contributed by atoms with E-state index in [1.165, 1.54) is 56.2 Å². The van der Waals surface area contributed by atoms with Crippen LogP contribution in [0.3, 0.4) is 0 Å². The number of nitrogens with zero attached hydrogens (tertiary/aromatic N) is 2. The molecule has 10 atom stereocenters. The summed E-state index contributed by atoms with van der Waals surface area (Å²) in [5.41, 5.74) is 8.06. The lowest BCUT2D eigenvalue weighted by Crippen LogP contribution is -2.62. The first-order chi connectivity index (χ1) is 44.9. The predicted molar refractivity (Wildman–Crippen MR) is 339 cm³/mol. The fourth-order valence-electron chi connectivity index (χ4n) is 12.9. The number of amides is 8. The van der Waals surface area contributed by atoms with Crippen LogP contribution in [0.1, 0.15) is 106 Å². The summed E-state index contributed by atoms with van der Waals surface area (Å²) in [6.07, 6.45) is -1.63. The second-order valence-electron chi connectivity index (χ2n) is 25.0. The smallest absolute Gasteiger partial charge is 0.246 e. The van der Waals surface area contributed by atoms with Gasteiger partial charge in [-0.3, -0.25) is 47.9 Å². The highest BCUT2D eigenvalue weighted by Gasteiger charge is 2.49. The maximum Gasteiger partial charge on any atom is 0.246 e. The largest absolute Gasteiger partial charge is 0.497 e. The second-order valence-corrected chi connectivity index (χ2v) is 25.0. The van der Waals surface area contributed by atoms with Gasteiger partial charge in [0.1, 0.15) is 60.1 Å². The van der Waals surface area contributed by atoms with Crippen molar-refractivity contribution in [3.05, 3.63) is 137 Å². The molecule has 2 saturated heterocycles. The standard InChI is InChI=1S/C69H80F3N9O13/c1-38-58(83)31-45(29-46-36-75-54-22-17-48(71)34-53(46)54)64(88)77-56(30-43-14-13-42-15-16-47(70)33-52(42)43)67(91)80-37-49(72)35-57(80)65(89)79-62(39(2)82)66(90)78-55(28-41-9-18-50(93-4)19-10-41)68(92)81-25-6-23-69(81,3)59(84)32-44(63(73)87)27-40-11-20-51(21-12-40)94-26-24-74-60(85)7-5-8-61(86)76-38/h9-12,14-22,33-34,36,38-39,44-45,49,55-57,62,75,82H,5-8,13,23-32,35,37H2,1-4H3,(H2,73,87)(H,74,85)(H,76,86)(H,77,88)(H,78,90)(H,79,89)/t38-,39-,44-,45-,49+,55+,56+,57+,62+,69+/m1/s1. The Kier molecular flexibility index (Phi) is 22.4. The lowest BCUT2D eigenvalue weighted by Gasteiger charge is -2.37. The topological polar surface area (TPSA) is 318 Å². The number of Topliss-reactive ketones (excluding diaryl/α,β-unsaturated/α-hetero) is 2. The van der Waals surface area contributed by atoms with E-state index in [9.17, 15) is 47.4 Å². The molecule has 25 heteroatoms. The summed E-state index contributed by atoms with van der Waals surface area (Å²) in [4.78, 5) is 148. The average molecular weight is 1300 g/mol. The molecular weight excluding hydrogens is 1220 g/mol. The molecule has 9 N–H and O–H groups in total. The van der Waals surface area contributed by atoms with Gasteiger partial charge in [0.2, 0.25) is 47.3 Å². The number of methoxy groups -OCH3 is 1. The fourth-order valence-corrected chi connectivity index (χ4v) is 12.9. The highest BCUT2D eigenvalue weighted by molar-refractivity contribution is 6.00. The van der Waals surface area contributed by atoms with Crippen molar-refractivity contribution >= 4 is 75.3 Å². The Morgan fingerprint density at radius 1 is 0.798 bits per heavy atom. The van der Waals surface area contributed by atoms with Gasteiger partial charge < -0.3 is 61.7 Å². The van der Waals surface area contributed by atoms with Crippen LogP contribution in [-0.2, 0) is 73.6 Å². The number of aromatic amines is 1. The molecule has 1 aliphatic carbocycles. The zero-order valence-electron chi connectivity index (χ0n) is 52.9. The van der Waals surface area contributed by atoms with Crippen molar-refractivity contribution in [3.8, 4) is 11.5 Å². The molecule has 94 heavy (non-hydrogen) atoms. The Morgan fingerprint density at radius 3 is 2.22 bits per heavy atom. The number of carbonyl (C=O) groups is 10. The van der Waals surface area contributed by atoms with Crippen molar-refractivity contribution < 1.29 is 75.7 Å². The summed E-state index contributed by atoms with van der Waals surface area (Å²) in [5.74, 6) is -10.1. The molecule has 0 unspecified atom stereocenters. The molecule has 5 aliphatic rings. The minimum Gasteiger partial charge on any atom is -0.497 e. The number of carbonyl (C=O) groups excluding carboxylic acids is 10. The van der Waals surface area contributed by atoms with Crippen LogP contribution in [0.15, 0.2) is 97.2 Å². The van der Waals surface area contributed by atoms with Crippen molar-refractivity contribution in [1.29, 1.82) is 0 Å². The number of alkyl halides is 1. The molecule has 1 aromatic heterocycles. The predicted octanol–water partition coefficient (Wildman–Crippen LogP) is 4.49. The van der Waals surface area contributed by atoms with Gasteiger partial charge in [-0.05, 0) is 147 Å². The Bertz CT molecular complexity index is 3710. The van der Waals surface area contributed by atoms with Crippen LogP contribution in [0.4, 0.5) is 13.2 Å². The molecule has 0 saturated carbocycles. The Hall–Kier alpha value is -9.39. The number of fused-ring (bicyclic) bond motifs is 30. The summed E-state index contributed by atoms with van der Waals surface area (Å²) in [5, 5.41) is 25.0. The van der Waals surface area contributed by atoms with Crippen LogP contribution in [0.5, 0.6) is 11.5 Å². The number of nitrogens with one attached hydrogen (secondary N) is 6. The van der Waals surface area contributed by atoms with Gasteiger partial charge in [0.05, 0.1) is 37.9 Å². The first-order valence-corrected chi connectivity index (χ1v) is 31.7. The zero-order chi connectivity index (χ0) is 67.5. The molecule has 10 rings (SSSR count). The quantitative estimate of drug-likeness (QED) is 0.101. The van der Waals surface area contributed by atoms with Crippen LogP contribution < -0.4 is 41.8 Å². The Balaban J connectivity index is 1.03. The molecule has 8 amide bonds. The van der Waals surface area contributed by atoms with Gasteiger partial charge in [-0.25, -0.2) is 13.2 Å². The molecule has 5 heterocycles. The zero-order valence-corrected chi connectivity index (χ0v) is 52.9. The van der Waals surface area contributed by atoms with E-state index < -0.39 is 144 Å². The highest BCUT2D eigenvalue weighted by Crippen LogP contribution is 2.36. The molecule has 4 aromatic carbocycles. The first kappa shape index (κ1) is 69.0. The first-order valence-electron chi connectivity index (χ1n) is 31.7. The van der Waals surface area contributed by atoms with Crippen molar-refractivity contribution in [2.24, 2.45) is 17.6 Å². The number of rotatable bonds is 9. The van der Waals surface area contributed by atoms with Gasteiger partial charge in [0.25, 0.3) is 0 Å². The molecule has 2 bridgehead atoms. The molecule has 0 radical (unpaired) electrons. The molecular formula is C69H80F3N9O13. The van der Waals surface area contributed by atoms with Gasteiger partial charge in [0, 0.05) is 80.4 Å². The summed E-state index contributed by atoms with van der Waals surface area (Å²) in [6, 6.07) is 13.6. The fraction of sp³-hybridized carbons (Fsp3) is 0.449. The van der Waals surface area contributed by atoms with E-state index in [2.05, 4.69) is 31.6 Å². The van der Waals surface area contributed by atoms with Gasteiger partial charge in [-0.1, -0.05) is 36.4 Å². The van der Waals surface area contributed by atoms with E-state index >= 15 is 18.8 Å². The van der Waals surface area contributed by atoms with Gasteiger partial charge in [-0.15, -0.1) is 0 Å². The van der Waals surface area contributed by atoms with Crippen molar-refractivity contribution in [3.63, 3.8) is 0 Å². The van der Waals surface area contributed by atoms with E-state index in [1.807, 2.05) is 0 Å². The number of ketones is 2. The summed E-state index contributed by atoms with van der Waals surface area (Å²) < 4.78 is 57.0. The number of allylic oxidation sites excluding steroid dienone is 1. The van der Waals surface area contributed by atoms with Gasteiger partial charge in [0.15, 0.2) is 11.6 Å². The average Bonchev–Trinajstić information content (AvgIpc) is 1.36. The number of H-pyrrole nitrogens is 1. The molecule has 22 nitrogen and oxygen atoms in total. The number of aliphatic hydroxyl groups is 1.